The van der Waals surface area contributed by atoms with Crippen molar-refractivity contribution in [2.45, 2.75) is 5.66 Å². The monoisotopic (exact) mass is 222 g/mol. The minimum absolute atomic E-state index is 0.376. The third-order valence-electron chi connectivity index (χ3n) is 2.78. The maximum Gasteiger partial charge on any atom is 0.409 e. The van der Waals surface area contributed by atoms with Crippen molar-refractivity contribution in [3.63, 3.8) is 0 Å². The van der Waals surface area contributed by atoms with Crippen LogP contribution >= 0.6 is 0 Å². The van der Waals surface area contributed by atoms with E-state index in [1.54, 1.807) is 24.5 Å². The number of nitrogens with one attached hydrogen (secondary N) is 1. The Balaban J connectivity index is 2.37. The van der Waals surface area contributed by atoms with Gasteiger partial charge in [0.25, 0.3) is 0 Å². The molecule has 6 heteroatoms. The van der Waals surface area contributed by atoms with Crippen LogP contribution in [0.1, 0.15) is 5.56 Å². The average Bonchev–Trinajstić information content (AvgIpc) is 2.30. The lowest BCUT2D eigenvalue weighted by atomic mass is 9.98. The Labute approximate surface area is 93.1 Å². The molecule has 1 fully saturated rings. The van der Waals surface area contributed by atoms with E-state index in [-0.39, 0.29) is 0 Å². The molecule has 1 aromatic heterocycles. The summed E-state index contributed by atoms with van der Waals surface area (Å²) in [7, 11) is 0. The zero-order chi connectivity index (χ0) is 11.6. The van der Waals surface area contributed by atoms with Gasteiger partial charge >= 0.3 is 6.09 Å². The predicted octanol–water partition coefficient (Wildman–Crippen LogP) is -0.224. The largest absolute Gasteiger partial charge is 0.465 e. The molecule has 16 heavy (non-hydrogen) atoms. The predicted molar refractivity (Wildman–Crippen MR) is 57.7 cm³/mol. The molecule has 1 aromatic rings. The molecule has 0 radical (unpaired) electrons. The summed E-state index contributed by atoms with van der Waals surface area (Å²) in [5.74, 6) is 0. The van der Waals surface area contributed by atoms with Gasteiger partial charge in [-0.3, -0.25) is 9.88 Å². The number of pyridine rings is 1. The highest BCUT2D eigenvalue weighted by atomic mass is 16.4. The first kappa shape index (κ1) is 10.8. The molecule has 1 aliphatic rings. The molecule has 1 atom stereocenters. The number of nitrogens with zero attached hydrogens (tertiary/aromatic N) is 2. The molecule has 0 aliphatic carbocycles. The van der Waals surface area contributed by atoms with Gasteiger partial charge in [0.05, 0.1) is 0 Å². The van der Waals surface area contributed by atoms with E-state index in [0.717, 1.165) is 0 Å². The van der Waals surface area contributed by atoms with Gasteiger partial charge in [0.15, 0.2) is 0 Å². The number of carboxylic acid groups (broad SMARTS) is 1. The molecular weight excluding hydrogens is 208 g/mol. The molecule has 1 amide bonds. The van der Waals surface area contributed by atoms with E-state index in [4.69, 9.17) is 10.8 Å². The number of piperazine rings is 1. The van der Waals surface area contributed by atoms with Gasteiger partial charge in [-0.1, -0.05) is 6.07 Å². The van der Waals surface area contributed by atoms with Crippen molar-refractivity contribution < 1.29 is 9.90 Å². The summed E-state index contributed by atoms with van der Waals surface area (Å²) in [6.07, 6.45) is 2.23. The maximum atomic E-state index is 11.1. The van der Waals surface area contributed by atoms with E-state index in [1.807, 2.05) is 0 Å². The fourth-order valence-electron chi connectivity index (χ4n) is 1.91. The molecule has 2 heterocycles. The third kappa shape index (κ3) is 1.72. The molecule has 2 rings (SSSR count). The molecule has 1 saturated heterocycles. The van der Waals surface area contributed by atoms with Crippen LogP contribution in [0.2, 0.25) is 0 Å². The van der Waals surface area contributed by atoms with Gasteiger partial charge in [0.2, 0.25) is 0 Å². The van der Waals surface area contributed by atoms with Gasteiger partial charge in [-0.25, -0.2) is 4.79 Å². The first-order chi connectivity index (χ1) is 7.64. The molecule has 1 aliphatic heterocycles. The lowest BCUT2D eigenvalue weighted by Gasteiger charge is -2.43. The molecule has 86 valence electrons. The average molecular weight is 222 g/mol. The molecular formula is C10H14N4O2. The molecule has 0 aromatic carbocycles. The molecule has 0 bridgehead atoms. The highest BCUT2D eigenvalue weighted by molar-refractivity contribution is 5.66. The van der Waals surface area contributed by atoms with Crippen LogP contribution in [0.5, 0.6) is 0 Å². The van der Waals surface area contributed by atoms with E-state index < -0.39 is 11.8 Å². The van der Waals surface area contributed by atoms with Gasteiger partial charge in [-0.15, -0.1) is 0 Å². The van der Waals surface area contributed by atoms with Crippen molar-refractivity contribution in [2.24, 2.45) is 5.73 Å². The maximum absolute atomic E-state index is 11.1. The molecule has 6 nitrogen and oxygen atoms in total. The lowest BCUT2D eigenvalue weighted by Crippen LogP contribution is -2.65. The summed E-state index contributed by atoms with van der Waals surface area (Å²) in [5, 5.41) is 12.2. The van der Waals surface area contributed by atoms with Crippen molar-refractivity contribution >= 4 is 6.09 Å². The number of aromatic nitrogens is 1. The summed E-state index contributed by atoms with van der Waals surface area (Å²) >= 11 is 0. The Bertz CT molecular complexity index is 384. The van der Waals surface area contributed by atoms with Gasteiger partial charge in [-0.2, -0.15) is 0 Å². The molecule has 1 unspecified atom stereocenters. The first-order valence-corrected chi connectivity index (χ1v) is 5.05. The van der Waals surface area contributed by atoms with Crippen molar-refractivity contribution in [3.05, 3.63) is 30.1 Å². The second-order valence-electron chi connectivity index (χ2n) is 3.78. The third-order valence-corrected chi connectivity index (χ3v) is 2.78. The Hall–Kier alpha value is -1.66. The summed E-state index contributed by atoms with van der Waals surface area (Å²) in [6.45, 7) is 1.39. The Kier molecular flexibility index (Phi) is 2.76. The Morgan fingerprint density at radius 2 is 2.50 bits per heavy atom. The number of amides is 1. The smallest absolute Gasteiger partial charge is 0.409 e. The molecule has 4 N–H and O–H groups in total. The second kappa shape index (κ2) is 4.07. The van der Waals surface area contributed by atoms with E-state index >= 15 is 0 Å². The minimum atomic E-state index is -1.03. The summed E-state index contributed by atoms with van der Waals surface area (Å²) in [4.78, 5) is 16.4. The van der Waals surface area contributed by atoms with Crippen LogP contribution in [-0.4, -0.2) is 40.7 Å². The molecule has 0 spiro atoms. The lowest BCUT2D eigenvalue weighted by molar-refractivity contribution is 0.0578. The van der Waals surface area contributed by atoms with Crippen molar-refractivity contribution in [3.8, 4) is 0 Å². The van der Waals surface area contributed by atoms with Crippen LogP contribution < -0.4 is 11.1 Å². The van der Waals surface area contributed by atoms with E-state index in [1.165, 1.54) is 4.90 Å². The highest BCUT2D eigenvalue weighted by Crippen LogP contribution is 2.23. The Morgan fingerprint density at radius 3 is 3.12 bits per heavy atom. The van der Waals surface area contributed by atoms with Gasteiger partial charge in [0.1, 0.15) is 5.66 Å². The SMILES string of the molecule is NC1(c2cccnc2)CNCCN1C(=O)O. The molecule has 0 saturated carbocycles. The number of hydrogen-bond donors (Lipinski definition) is 3. The van der Waals surface area contributed by atoms with E-state index in [0.29, 0.717) is 25.2 Å². The quantitative estimate of drug-likeness (QED) is 0.611. The number of hydrogen-bond acceptors (Lipinski definition) is 4. The van der Waals surface area contributed by atoms with Gasteiger partial charge in [-0.05, 0) is 6.07 Å². The number of nitrogens with two attached hydrogens (primary N) is 1. The summed E-state index contributed by atoms with van der Waals surface area (Å²) in [6, 6.07) is 3.54. The zero-order valence-corrected chi connectivity index (χ0v) is 8.76. The number of carbonyl (C=O) groups is 1. The highest BCUT2D eigenvalue weighted by Gasteiger charge is 2.40. The normalized spacial score (nSPS) is 25.4. The first-order valence-electron chi connectivity index (χ1n) is 5.05. The fourth-order valence-corrected chi connectivity index (χ4v) is 1.91. The topological polar surface area (TPSA) is 91.5 Å². The minimum Gasteiger partial charge on any atom is -0.465 e. The van der Waals surface area contributed by atoms with E-state index in [2.05, 4.69) is 10.3 Å². The van der Waals surface area contributed by atoms with Crippen LogP contribution in [0.15, 0.2) is 24.5 Å². The summed E-state index contributed by atoms with van der Waals surface area (Å²) in [5.41, 5.74) is 5.84. The van der Waals surface area contributed by atoms with Gasteiger partial charge in [0, 0.05) is 37.6 Å². The number of rotatable bonds is 1. The van der Waals surface area contributed by atoms with Gasteiger partial charge < -0.3 is 16.2 Å². The van der Waals surface area contributed by atoms with Crippen LogP contribution in [0.3, 0.4) is 0 Å². The fraction of sp³-hybridized carbons (Fsp3) is 0.400. The van der Waals surface area contributed by atoms with Crippen molar-refractivity contribution in [1.29, 1.82) is 0 Å². The van der Waals surface area contributed by atoms with Crippen LogP contribution in [-0.2, 0) is 5.66 Å². The zero-order valence-electron chi connectivity index (χ0n) is 8.76. The van der Waals surface area contributed by atoms with Crippen LogP contribution in [0, 0.1) is 0 Å². The van der Waals surface area contributed by atoms with Crippen LogP contribution in [0.25, 0.3) is 0 Å². The van der Waals surface area contributed by atoms with Crippen molar-refractivity contribution in [2.75, 3.05) is 19.6 Å². The summed E-state index contributed by atoms with van der Waals surface area (Å²) < 4.78 is 0. The standard InChI is InChI=1S/C10H14N4O2/c11-10(8-2-1-3-12-6-8)7-13-4-5-14(10)9(15)16/h1-3,6,13H,4-5,7,11H2,(H,15,16). The van der Waals surface area contributed by atoms with E-state index in [9.17, 15) is 4.79 Å². The van der Waals surface area contributed by atoms with Crippen LogP contribution in [0.4, 0.5) is 4.79 Å². The van der Waals surface area contributed by atoms with Crippen molar-refractivity contribution in [1.82, 2.24) is 15.2 Å². The second-order valence-corrected chi connectivity index (χ2v) is 3.78. The Morgan fingerprint density at radius 1 is 1.69 bits per heavy atom.